The molecule has 3 rings (SSSR count). The van der Waals surface area contributed by atoms with Crippen LogP contribution >= 0.6 is 0 Å². The van der Waals surface area contributed by atoms with Gasteiger partial charge in [0.2, 0.25) is 11.8 Å². The third kappa shape index (κ3) is 6.49. The zero-order valence-corrected chi connectivity index (χ0v) is 21.7. The number of hydrogen-bond donors (Lipinski definition) is 1. The van der Waals surface area contributed by atoms with Crippen LogP contribution in [0.3, 0.4) is 0 Å². The van der Waals surface area contributed by atoms with E-state index < -0.39 is 5.54 Å². The summed E-state index contributed by atoms with van der Waals surface area (Å²) < 4.78 is 0. The molecule has 3 aliphatic rings. The second-order valence-electron chi connectivity index (χ2n) is 11.4. The first-order valence-electron chi connectivity index (χ1n) is 13.5. The number of hydrogen-bond acceptors (Lipinski definition) is 3. The Morgan fingerprint density at radius 3 is 2.45 bits per heavy atom. The van der Waals surface area contributed by atoms with E-state index in [9.17, 15) is 9.59 Å². The maximum absolute atomic E-state index is 13.3. The fourth-order valence-electron chi connectivity index (χ4n) is 5.74. The maximum Gasteiger partial charge on any atom is 0.246 e. The SMILES string of the molecule is CCCN1C(=O)C(CC(C)C)NC(=O)C12CCN(CC1CC=C(/C=C/CC(C)C)CC1)CC2. The fraction of sp³-hybridized carbons (Fsp3) is 0.786. The molecule has 0 aromatic carbocycles. The van der Waals surface area contributed by atoms with E-state index in [0.29, 0.717) is 18.4 Å². The molecule has 5 nitrogen and oxygen atoms in total. The topological polar surface area (TPSA) is 52.7 Å². The molecule has 0 bridgehead atoms. The van der Waals surface area contributed by atoms with Crippen molar-refractivity contribution in [2.45, 2.75) is 97.6 Å². The lowest BCUT2D eigenvalue weighted by atomic mass is 9.80. The Labute approximate surface area is 202 Å². The number of amides is 2. The molecule has 2 unspecified atom stereocenters. The Kier molecular flexibility index (Phi) is 9.20. The van der Waals surface area contributed by atoms with Crippen molar-refractivity contribution >= 4 is 11.8 Å². The van der Waals surface area contributed by atoms with Crippen molar-refractivity contribution in [2.75, 3.05) is 26.2 Å². The minimum Gasteiger partial charge on any atom is -0.342 e. The van der Waals surface area contributed by atoms with Gasteiger partial charge in [0.1, 0.15) is 11.6 Å². The number of nitrogens with one attached hydrogen (secondary N) is 1. The molecule has 5 heteroatoms. The molecule has 1 spiro atoms. The van der Waals surface area contributed by atoms with Gasteiger partial charge in [-0.1, -0.05) is 58.4 Å². The van der Waals surface area contributed by atoms with Gasteiger partial charge in [-0.15, -0.1) is 0 Å². The van der Waals surface area contributed by atoms with Crippen LogP contribution < -0.4 is 5.32 Å². The molecule has 2 aliphatic heterocycles. The van der Waals surface area contributed by atoms with Gasteiger partial charge in [0.05, 0.1) is 0 Å². The van der Waals surface area contributed by atoms with Crippen molar-refractivity contribution in [2.24, 2.45) is 17.8 Å². The summed E-state index contributed by atoms with van der Waals surface area (Å²) in [6.07, 6.45) is 14.9. The highest BCUT2D eigenvalue weighted by atomic mass is 16.2. The standard InChI is InChI=1S/C28H47N3O2/c1-6-16-31-26(32)25(19-22(4)5)29-27(33)28(31)14-17-30(18-15-28)20-24-12-10-23(11-13-24)9-7-8-21(2)3/h7,9-10,21-22,24-25H,6,8,11-20H2,1-5H3,(H,29,33)/b9-7+. The molecule has 2 saturated heterocycles. The van der Waals surface area contributed by atoms with E-state index in [-0.39, 0.29) is 17.9 Å². The molecule has 2 fully saturated rings. The van der Waals surface area contributed by atoms with Crippen molar-refractivity contribution < 1.29 is 9.59 Å². The number of carbonyl (C=O) groups excluding carboxylic acids is 2. The second kappa shape index (κ2) is 11.7. The zero-order valence-electron chi connectivity index (χ0n) is 21.7. The van der Waals surface area contributed by atoms with Crippen LogP contribution in [0, 0.1) is 17.8 Å². The van der Waals surface area contributed by atoms with E-state index in [2.05, 4.69) is 63.1 Å². The van der Waals surface area contributed by atoms with Crippen molar-refractivity contribution in [1.82, 2.24) is 15.1 Å². The van der Waals surface area contributed by atoms with E-state index in [4.69, 9.17) is 0 Å². The van der Waals surface area contributed by atoms with E-state index in [1.165, 1.54) is 18.4 Å². The van der Waals surface area contributed by atoms with Gasteiger partial charge >= 0.3 is 0 Å². The zero-order chi connectivity index (χ0) is 24.0. The number of piperidine rings is 1. The molecule has 0 saturated carbocycles. The summed E-state index contributed by atoms with van der Waals surface area (Å²) in [5.41, 5.74) is 0.853. The lowest BCUT2D eigenvalue weighted by Crippen LogP contribution is -2.73. The summed E-state index contributed by atoms with van der Waals surface area (Å²) in [7, 11) is 0. The normalized spacial score (nSPS) is 26.5. The summed E-state index contributed by atoms with van der Waals surface area (Å²) in [6, 6.07) is -0.356. The van der Waals surface area contributed by atoms with Gasteiger partial charge in [0.25, 0.3) is 0 Å². The van der Waals surface area contributed by atoms with Crippen molar-refractivity contribution in [3.63, 3.8) is 0 Å². The lowest BCUT2D eigenvalue weighted by molar-refractivity contribution is -0.161. The Morgan fingerprint density at radius 2 is 1.88 bits per heavy atom. The molecule has 33 heavy (non-hydrogen) atoms. The van der Waals surface area contributed by atoms with Crippen molar-refractivity contribution in [1.29, 1.82) is 0 Å². The number of piperazine rings is 1. The van der Waals surface area contributed by atoms with Crippen molar-refractivity contribution in [3.8, 4) is 0 Å². The fourth-order valence-corrected chi connectivity index (χ4v) is 5.74. The average molecular weight is 458 g/mol. The Balaban J connectivity index is 1.56. The van der Waals surface area contributed by atoms with Crippen LogP contribution in [0.5, 0.6) is 0 Å². The minimum absolute atomic E-state index is 0.0827. The van der Waals surface area contributed by atoms with Gasteiger partial charge in [-0.25, -0.2) is 0 Å². The van der Waals surface area contributed by atoms with Crippen LogP contribution in [0.15, 0.2) is 23.8 Å². The highest BCUT2D eigenvalue weighted by Gasteiger charge is 2.53. The quantitative estimate of drug-likeness (QED) is 0.534. The smallest absolute Gasteiger partial charge is 0.246 e. The summed E-state index contributed by atoms with van der Waals surface area (Å²) in [5.74, 6) is 2.02. The Bertz CT molecular complexity index is 731. The van der Waals surface area contributed by atoms with Gasteiger partial charge in [-0.3, -0.25) is 9.59 Å². The summed E-state index contributed by atoms with van der Waals surface area (Å²) in [5, 5.41) is 3.11. The third-order valence-electron chi connectivity index (χ3n) is 7.66. The monoisotopic (exact) mass is 457 g/mol. The maximum atomic E-state index is 13.3. The first-order chi connectivity index (χ1) is 15.7. The summed E-state index contributed by atoms with van der Waals surface area (Å²) >= 11 is 0. The molecule has 0 aromatic heterocycles. The van der Waals surface area contributed by atoms with Gasteiger partial charge in [0.15, 0.2) is 0 Å². The minimum atomic E-state index is -0.641. The number of likely N-dealkylation sites (tertiary alicyclic amines) is 1. The molecular weight excluding hydrogens is 410 g/mol. The van der Waals surface area contributed by atoms with Gasteiger partial charge in [0, 0.05) is 26.2 Å². The third-order valence-corrected chi connectivity index (χ3v) is 7.66. The van der Waals surface area contributed by atoms with Crippen LogP contribution in [0.4, 0.5) is 0 Å². The average Bonchev–Trinajstić information content (AvgIpc) is 2.77. The molecule has 186 valence electrons. The number of carbonyl (C=O) groups is 2. The molecule has 1 aliphatic carbocycles. The Hall–Kier alpha value is -1.62. The van der Waals surface area contributed by atoms with E-state index in [0.717, 1.165) is 64.1 Å². The molecule has 2 amide bonds. The first-order valence-corrected chi connectivity index (χ1v) is 13.5. The van der Waals surface area contributed by atoms with Crippen LogP contribution in [0.1, 0.15) is 86.0 Å². The largest absolute Gasteiger partial charge is 0.342 e. The molecule has 2 atom stereocenters. The van der Waals surface area contributed by atoms with Crippen LogP contribution in [0.2, 0.25) is 0 Å². The molecule has 0 radical (unpaired) electrons. The molecular formula is C28H47N3O2. The van der Waals surface area contributed by atoms with Gasteiger partial charge in [-0.2, -0.15) is 0 Å². The van der Waals surface area contributed by atoms with Gasteiger partial charge in [-0.05, 0) is 69.1 Å². The van der Waals surface area contributed by atoms with Crippen molar-refractivity contribution in [3.05, 3.63) is 23.8 Å². The molecule has 0 aromatic rings. The van der Waals surface area contributed by atoms with E-state index in [1.807, 2.05) is 4.90 Å². The van der Waals surface area contributed by atoms with Crippen LogP contribution in [0.25, 0.3) is 0 Å². The van der Waals surface area contributed by atoms with E-state index >= 15 is 0 Å². The predicted molar refractivity (Wildman–Crippen MR) is 136 cm³/mol. The summed E-state index contributed by atoms with van der Waals surface area (Å²) in [6.45, 7) is 14.4. The number of allylic oxidation sites excluding steroid dienone is 4. The first kappa shape index (κ1) is 26.0. The predicted octanol–water partition coefficient (Wildman–Crippen LogP) is 4.93. The van der Waals surface area contributed by atoms with Crippen LogP contribution in [-0.4, -0.2) is 59.4 Å². The summed E-state index contributed by atoms with van der Waals surface area (Å²) in [4.78, 5) is 31.1. The Morgan fingerprint density at radius 1 is 1.15 bits per heavy atom. The molecule has 2 heterocycles. The van der Waals surface area contributed by atoms with E-state index in [1.54, 1.807) is 0 Å². The highest BCUT2D eigenvalue weighted by Crippen LogP contribution is 2.35. The number of rotatable bonds is 9. The highest BCUT2D eigenvalue weighted by molar-refractivity contribution is 6.00. The number of nitrogens with zero attached hydrogens (tertiary/aromatic N) is 2. The second-order valence-corrected chi connectivity index (χ2v) is 11.4. The van der Waals surface area contributed by atoms with Gasteiger partial charge < -0.3 is 15.1 Å². The lowest BCUT2D eigenvalue weighted by Gasteiger charge is -2.52. The van der Waals surface area contributed by atoms with Crippen LogP contribution in [-0.2, 0) is 9.59 Å². The molecule has 1 N–H and O–H groups in total.